The van der Waals surface area contributed by atoms with E-state index in [1.54, 1.807) is 16.7 Å². The zero-order valence-electron chi connectivity index (χ0n) is 17.0. The quantitative estimate of drug-likeness (QED) is 0.603. The fourth-order valence-electron chi connectivity index (χ4n) is 2.90. The minimum atomic E-state index is -0.499. The van der Waals surface area contributed by atoms with Gasteiger partial charge >= 0.3 is 0 Å². The van der Waals surface area contributed by atoms with Crippen LogP contribution in [0, 0.1) is 6.92 Å². The Morgan fingerprint density at radius 1 is 1.11 bits per heavy atom. The van der Waals surface area contributed by atoms with Gasteiger partial charge in [-0.25, -0.2) is 0 Å². The molecule has 0 unspecified atom stereocenters. The third kappa shape index (κ3) is 7.04. The van der Waals surface area contributed by atoms with Gasteiger partial charge in [0.2, 0.25) is 11.8 Å². The van der Waals surface area contributed by atoms with Gasteiger partial charge < -0.3 is 10.2 Å². The lowest BCUT2D eigenvalue weighted by Crippen LogP contribution is -2.47. The highest BCUT2D eigenvalue weighted by Gasteiger charge is 2.25. The number of carbonyl (C=O) groups is 2. The first-order valence-corrected chi connectivity index (χ1v) is 10.8. The van der Waals surface area contributed by atoms with Gasteiger partial charge in [0, 0.05) is 30.2 Å². The molecule has 4 nitrogen and oxygen atoms in total. The zero-order valence-corrected chi connectivity index (χ0v) is 17.8. The molecule has 0 saturated carbocycles. The van der Waals surface area contributed by atoms with E-state index >= 15 is 0 Å². The average Bonchev–Trinajstić information content (AvgIpc) is 2.70. The van der Waals surface area contributed by atoms with Crippen LogP contribution in [0.2, 0.25) is 0 Å². The highest BCUT2D eigenvalue weighted by atomic mass is 32.2. The maximum atomic E-state index is 13.0. The summed E-state index contributed by atoms with van der Waals surface area (Å²) >= 11 is 1.66. The molecule has 0 radical (unpaired) electrons. The lowest BCUT2D eigenvalue weighted by molar-refractivity contribution is -0.140. The summed E-state index contributed by atoms with van der Waals surface area (Å²) in [4.78, 5) is 28.3. The van der Waals surface area contributed by atoms with Crippen molar-refractivity contribution in [2.24, 2.45) is 0 Å². The Morgan fingerprint density at radius 2 is 1.86 bits per heavy atom. The standard InChI is InChI=1S/C23H30N2O2S/c1-4-14-24-23(27)19(3)25(17-20-10-8-9-18(2)16-20)22(26)13-15-28-21-11-6-5-7-12-21/h5-12,16,19H,4,13-15,17H2,1-3H3,(H,24,27)/t19-/m0/s1. The van der Waals surface area contributed by atoms with Crippen LogP contribution in [0.1, 0.15) is 37.8 Å². The second-order valence-electron chi connectivity index (χ2n) is 6.89. The van der Waals surface area contributed by atoms with Crippen molar-refractivity contribution in [1.29, 1.82) is 0 Å². The first-order valence-electron chi connectivity index (χ1n) is 9.81. The molecule has 0 fully saturated rings. The van der Waals surface area contributed by atoms with Crippen LogP contribution in [0.15, 0.2) is 59.5 Å². The van der Waals surface area contributed by atoms with Gasteiger partial charge in [-0.2, -0.15) is 0 Å². The van der Waals surface area contributed by atoms with Gasteiger partial charge in [0.15, 0.2) is 0 Å². The Labute approximate surface area is 172 Å². The van der Waals surface area contributed by atoms with Crippen molar-refractivity contribution in [2.75, 3.05) is 12.3 Å². The number of benzene rings is 2. The summed E-state index contributed by atoms with van der Waals surface area (Å²) in [6, 6.07) is 17.6. The van der Waals surface area contributed by atoms with E-state index in [1.807, 2.05) is 69.3 Å². The number of hydrogen-bond donors (Lipinski definition) is 1. The molecular weight excluding hydrogens is 368 g/mol. The molecule has 0 aliphatic carbocycles. The van der Waals surface area contributed by atoms with Gasteiger partial charge in [-0.1, -0.05) is 55.0 Å². The fraction of sp³-hybridized carbons (Fsp3) is 0.391. The summed E-state index contributed by atoms with van der Waals surface area (Å²) in [5, 5.41) is 2.91. The number of hydrogen-bond acceptors (Lipinski definition) is 3. The smallest absolute Gasteiger partial charge is 0.242 e. The van der Waals surface area contributed by atoms with Crippen molar-refractivity contribution in [3.63, 3.8) is 0 Å². The lowest BCUT2D eigenvalue weighted by Gasteiger charge is -2.29. The van der Waals surface area contributed by atoms with E-state index in [9.17, 15) is 9.59 Å². The molecule has 28 heavy (non-hydrogen) atoms. The Kier molecular flexibility index (Phi) is 9.08. The molecule has 0 aliphatic heterocycles. The van der Waals surface area contributed by atoms with Crippen LogP contribution < -0.4 is 5.32 Å². The van der Waals surface area contributed by atoms with E-state index in [0.717, 1.165) is 22.4 Å². The summed E-state index contributed by atoms with van der Waals surface area (Å²) in [6.45, 7) is 6.92. The topological polar surface area (TPSA) is 49.4 Å². The van der Waals surface area contributed by atoms with Crippen molar-refractivity contribution < 1.29 is 9.59 Å². The molecule has 0 heterocycles. The first kappa shape index (κ1) is 22.0. The lowest BCUT2D eigenvalue weighted by atomic mass is 10.1. The zero-order chi connectivity index (χ0) is 20.4. The Morgan fingerprint density at radius 3 is 2.54 bits per heavy atom. The van der Waals surface area contributed by atoms with E-state index in [0.29, 0.717) is 25.3 Å². The van der Waals surface area contributed by atoms with Crippen LogP contribution in [0.3, 0.4) is 0 Å². The molecule has 2 aromatic carbocycles. The Hall–Kier alpha value is -2.27. The summed E-state index contributed by atoms with van der Waals surface area (Å²) < 4.78 is 0. The Balaban J connectivity index is 2.04. The number of amides is 2. The van der Waals surface area contributed by atoms with E-state index in [4.69, 9.17) is 0 Å². The van der Waals surface area contributed by atoms with E-state index in [-0.39, 0.29) is 11.8 Å². The molecule has 2 amide bonds. The van der Waals surface area contributed by atoms with Crippen molar-refractivity contribution >= 4 is 23.6 Å². The molecule has 1 N–H and O–H groups in total. The van der Waals surface area contributed by atoms with Crippen molar-refractivity contribution in [1.82, 2.24) is 10.2 Å². The molecule has 0 saturated heterocycles. The molecule has 0 spiro atoms. The second-order valence-corrected chi connectivity index (χ2v) is 8.06. The summed E-state index contributed by atoms with van der Waals surface area (Å²) in [5.74, 6) is 0.596. The molecule has 150 valence electrons. The van der Waals surface area contributed by atoms with Gasteiger partial charge in [-0.05, 0) is 38.0 Å². The van der Waals surface area contributed by atoms with Crippen LogP contribution in [0.5, 0.6) is 0 Å². The Bertz CT molecular complexity index is 764. The monoisotopic (exact) mass is 398 g/mol. The fourth-order valence-corrected chi connectivity index (χ4v) is 3.76. The molecule has 2 rings (SSSR count). The normalized spacial score (nSPS) is 11.7. The molecule has 1 atom stereocenters. The largest absolute Gasteiger partial charge is 0.354 e. The van der Waals surface area contributed by atoms with E-state index < -0.39 is 6.04 Å². The maximum Gasteiger partial charge on any atom is 0.242 e. The van der Waals surface area contributed by atoms with Gasteiger partial charge in [0.25, 0.3) is 0 Å². The van der Waals surface area contributed by atoms with Crippen LogP contribution in [0.4, 0.5) is 0 Å². The number of carbonyl (C=O) groups excluding carboxylic acids is 2. The summed E-state index contributed by atoms with van der Waals surface area (Å²) in [6.07, 6.45) is 1.27. The van der Waals surface area contributed by atoms with Crippen molar-refractivity contribution in [2.45, 2.75) is 51.1 Å². The molecule has 0 aliphatic rings. The average molecular weight is 399 g/mol. The van der Waals surface area contributed by atoms with Gasteiger partial charge in [0.1, 0.15) is 6.04 Å². The van der Waals surface area contributed by atoms with Crippen LogP contribution in [-0.2, 0) is 16.1 Å². The number of nitrogens with one attached hydrogen (secondary N) is 1. The maximum absolute atomic E-state index is 13.0. The molecule has 0 bridgehead atoms. The van der Waals surface area contributed by atoms with Crippen LogP contribution in [0.25, 0.3) is 0 Å². The number of aryl methyl sites for hydroxylation is 1. The highest BCUT2D eigenvalue weighted by Crippen LogP contribution is 2.19. The minimum Gasteiger partial charge on any atom is -0.354 e. The molecular formula is C23H30N2O2S. The number of rotatable bonds is 10. The van der Waals surface area contributed by atoms with Gasteiger partial charge in [0.05, 0.1) is 0 Å². The third-order valence-corrected chi connectivity index (χ3v) is 5.49. The number of thioether (sulfide) groups is 1. The molecule has 5 heteroatoms. The van der Waals surface area contributed by atoms with E-state index in [2.05, 4.69) is 11.4 Å². The molecule has 2 aromatic rings. The summed E-state index contributed by atoms with van der Waals surface area (Å²) in [7, 11) is 0. The SMILES string of the molecule is CCCNC(=O)[C@H](C)N(Cc1cccc(C)c1)C(=O)CCSc1ccccc1. The second kappa shape index (κ2) is 11.5. The van der Waals surface area contributed by atoms with E-state index in [1.165, 1.54) is 0 Å². The van der Waals surface area contributed by atoms with Crippen molar-refractivity contribution in [3.8, 4) is 0 Å². The first-order chi connectivity index (χ1) is 13.5. The minimum absolute atomic E-state index is 0.00378. The van der Waals surface area contributed by atoms with Crippen molar-refractivity contribution in [3.05, 3.63) is 65.7 Å². The van der Waals surface area contributed by atoms with Gasteiger partial charge in [-0.3, -0.25) is 9.59 Å². The highest BCUT2D eigenvalue weighted by molar-refractivity contribution is 7.99. The van der Waals surface area contributed by atoms with Gasteiger partial charge in [-0.15, -0.1) is 11.8 Å². The predicted molar refractivity (Wildman–Crippen MR) is 116 cm³/mol. The summed E-state index contributed by atoms with van der Waals surface area (Å²) in [5.41, 5.74) is 2.19. The number of nitrogens with zero attached hydrogens (tertiary/aromatic N) is 1. The third-order valence-electron chi connectivity index (χ3n) is 4.48. The molecule has 0 aromatic heterocycles. The predicted octanol–water partition coefficient (Wildman–Crippen LogP) is 4.42. The van der Waals surface area contributed by atoms with Crippen LogP contribution in [-0.4, -0.2) is 35.1 Å². The van der Waals surface area contributed by atoms with Crippen LogP contribution >= 0.6 is 11.8 Å².